The van der Waals surface area contributed by atoms with E-state index in [9.17, 15) is 0 Å². The van der Waals surface area contributed by atoms with E-state index in [0.29, 0.717) is 6.54 Å². The predicted octanol–water partition coefficient (Wildman–Crippen LogP) is 4.67. The van der Waals surface area contributed by atoms with Gasteiger partial charge in [0.2, 0.25) is 0 Å². The Labute approximate surface area is 176 Å². The third-order valence-electron chi connectivity index (χ3n) is 4.04. The molecule has 0 spiro atoms. The van der Waals surface area contributed by atoms with Gasteiger partial charge in [0.25, 0.3) is 0 Å². The topological polar surface area (TPSA) is 71.7 Å². The first-order chi connectivity index (χ1) is 14.1. The smallest absolute Gasteiger partial charge is 0.195 e. The number of aryl methyl sites for hydroxylation is 1. The number of rotatable bonds is 9. The highest BCUT2D eigenvalue weighted by Gasteiger charge is 2.04. The number of aromatic nitrogens is 1. The van der Waals surface area contributed by atoms with E-state index in [1.807, 2.05) is 57.2 Å². The minimum Gasteiger partial charge on any atom is -0.491 e. The molecule has 2 heterocycles. The van der Waals surface area contributed by atoms with Crippen molar-refractivity contribution in [2.45, 2.75) is 39.7 Å². The highest BCUT2D eigenvalue weighted by molar-refractivity contribution is 7.09. The largest absolute Gasteiger partial charge is 0.491 e. The fraction of sp³-hybridized carbons (Fsp3) is 0.364. The third-order valence-corrected chi connectivity index (χ3v) is 4.86. The van der Waals surface area contributed by atoms with Crippen LogP contribution >= 0.6 is 11.3 Å². The summed E-state index contributed by atoms with van der Waals surface area (Å²) in [5.41, 5.74) is 2.06. The lowest BCUT2D eigenvalue weighted by Gasteiger charge is -2.14. The number of nitrogens with one attached hydrogen (secondary N) is 2. The number of hydrogen-bond donors (Lipinski definition) is 2. The molecule has 6 nitrogen and oxygen atoms in total. The lowest BCUT2D eigenvalue weighted by atomic mass is 10.3. The SMILES string of the molecule is Cc1nc(CCNC(=NCCc2ccco2)Nc2ccc(OC(C)C)cc2)cs1. The zero-order valence-electron chi connectivity index (χ0n) is 17.1. The van der Waals surface area contributed by atoms with Crippen LogP contribution in [0.5, 0.6) is 5.75 Å². The van der Waals surface area contributed by atoms with Crippen molar-refractivity contribution in [3.05, 3.63) is 64.5 Å². The lowest BCUT2D eigenvalue weighted by Crippen LogP contribution is -2.32. The van der Waals surface area contributed by atoms with Crippen LogP contribution in [0.15, 0.2) is 57.5 Å². The first-order valence-corrected chi connectivity index (χ1v) is 10.7. The summed E-state index contributed by atoms with van der Waals surface area (Å²) in [4.78, 5) is 9.20. The first-order valence-electron chi connectivity index (χ1n) is 9.84. The molecule has 0 aliphatic rings. The van der Waals surface area contributed by atoms with Gasteiger partial charge in [0.15, 0.2) is 5.96 Å². The maximum Gasteiger partial charge on any atom is 0.195 e. The molecule has 0 amide bonds. The molecule has 2 aromatic heterocycles. The average molecular weight is 413 g/mol. The molecule has 7 heteroatoms. The number of guanidine groups is 1. The number of nitrogens with zero attached hydrogens (tertiary/aromatic N) is 2. The number of anilines is 1. The van der Waals surface area contributed by atoms with E-state index in [1.165, 1.54) is 0 Å². The van der Waals surface area contributed by atoms with Crippen LogP contribution < -0.4 is 15.4 Å². The molecule has 1 aromatic carbocycles. The quantitative estimate of drug-likeness (QED) is 0.395. The van der Waals surface area contributed by atoms with E-state index >= 15 is 0 Å². The number of thiazole rings is 1. The summed E-state index contributed by atoms with van der Waals surface area (Å²) in [6.07, 6.45) is 3.45. The molecule has 3 aromatic rings. The Hall–Kier alpha value is -2.80. The summed E-state index contributed by atoms with van der Waals surface area (Å²) in [6.45, 7) is 7.45. The molecule has 0 radical (unpaired) electrons. The van der Waals surface area contributed by atoms with Crippen molar-refractivity contribution in [2.75, 3.05) is 18.4 Å². The number of aliphatic imine (C=N–C) groups is 1. The van der Waals surface area contributed by atoms with E-state index in [4.69, 9.17) is 9.15 Å². The molecule has 0 saturated carbocycles. The molecular weight excluding hydrogens is 384 g/mol. The van der Waals surface area contributed by atoms with Gasteiger partial charge in [-0.2, -0.15) is 0 Å². The van der Waals surface area contributed by atoms with Gasteiger partial charge in [-0.1, -0.05) is 0 Å². The van der Waals surface area contributed by atoms with Gasteiger partial charge in [0.1, 0.15) is 11.5 Å². The van der Waals surface area contributed by atoms with E-state index in [-0.39, 0.29) is 6.10 Å². The second-order valence-electron chi connectivity index (χ2n) is 6.91. The number of furan rings is 1. The van der Waals surface area contributed by atoms with E-state index in [1.54, 1.807) is 17.6 Å². The minimum atomic E-state index is 0.156. The summed E-state index contributed by atoms with van der Waals surface area (Å²) in [5.74, 6) is 2.52. The number of hydrogen-bond acceptors (Lipinski definition) is 5. The molecule has 3 rings (SSSR count). The number of ether oxygens (including phenoxy) is 1. The van der Waals surface area contributed by atoms with E-state index < -0.39 is 0 Å². The van der Waals surface area contributed by atoms with Crippen molar-refractivity contribution < 1.29 is 9.15 Å². The second-order valence-corrected chi connectivity index (χ2v) is 7.97. The summed E-state index contributed by atoms with van der Waals surface area (Å²) < 4.78 is 11.1. The maximum atomic E-state index is 5.71. The Morgan fingerprint density at radius 2 is 2.03 bits per heavy atom. The van der Waals surface area contributed by atoms with Crippen LogP contribution in [0.25, 0.3) is 0 Å². The van der Waals surface area contributed by atoms with Gasteiger partial charge >= 0.3 is 0 Å². The van der Waals surface area contributed by atoms with Crippen LogP contribution in [-0.2, 0) is 12.8 Å². The molecule has 0 saturated heterocycles. The lowest BCUT2D eigenvalue weighted by molar-refractivity contribution is 0.242. The standard InChI is InChI=1S/C22H28N4O2S/c1-16(2)28-21-8-6-18(7-9-21)26-22(24-13-11-20-5-4-14-27-20)23-12-10-19-15-29-17(3)25-19/h4-9,14-16H,10-13H2,1-3H3,(H2,23,24,26). The van der Waals surface area contributed by atoms with Crippen LogP contribution in [0.2, 0.25) is 0 Å². The van der Waals surface area contributed by atoms with Gasteiger partial charge in [-0.15, -0.1) is 11.3 Å². The molecule has 29 heavy (non-hydrogen) atoms. The second kappa shape index (κ2) is 10.7. The van der Waals surface area contributed by atoms with Crippen molar-refractivity contribution in [3.8, 4) is 5.75 Å². The minimum absolute atomic E-state index is 0.156. The Morgan fingerprint density at radius 3 is 2.69 bits per heavy atom. The average Bonchev–Trinajstić information content (AvgIpc) is 3.34. The van der Waals surface area contributed by atoms with Crippen molar-refractivity contribution in [2.24, 2.45) is 4.99 Å². The summed E-state index contributed by atoms with van der Waals surface area (Å²) in [5, 5.41) is 9.96. The molecule has 0 aliphatic heterocycles. The van der Waals surface area contributed by atoms with E-state index in [0.717, 1.165) is 53.2 Å². The summed E-state index contributed by atoms with van der Waals surface area (Å²) >= 11 is 1.68. The molecule has 0 atom stereocenters. The van der Waals surface area contributed by atoms with Gasteiger partial charge in [0, 0.05) is 37.0 Å². The first kappa shape index (κ1) is 20.9. The monoisotopic (exact) mass is 412 g/mol. The third kappa shape index (κ3) is 7.27. The van der Waals surface area contributed by atoms with Crippen LogP contribution in [-0.4, -0.2) is 30.1 Å². The van der Waals surface area contributed by atoms with Crippen LogP contribution in [0.1, 0.15) is 30.3 Å². The van der Waals surface area contributed by atoms with Gasteiger partial charge < -0.3 is 19.8 Å². The molecule has 0 fully saturated rings. The molecule has 154 valence electrons. The van der Waals surface area contributed by atoms with Gasteiger partial charge in [-0.05, 0) is 57.2 Å². The molecule has 0 aliphatic carbocycles. The van der Waals surface area contributed by atoms with Crippen LogP contribution in [0.3, 0.4) is 0 Å². The highest BCUT2D eigenvalue weighted by atomic mass is 32.1. The molecule has 2 N–H and O–H groups in total. The summed E-state index contributed by atoms with van der Waals surface area (Å²) in [6, 6.07) is 11.8. The highest BCUT2D eigenvalue weighted by Crippen LogP contribution is 2.17. The zero-order chi connectivity index (χ0) is 20.5. The van der Waals surface area contributed by atoms with Crippen molar-refractivity contribution in [1.29, 1.82) is 0 Å². The van der Waals surface area contributed by atoms with Gasteiger partial charge in [0.05, 0.1) is 23.1 Å². The maximum absolute atomic E-state index is 5.71. The predicted molar refractivity (Wildman–Crippen MR) is 119 cm³/mol. The Bertz CT molecular complexity index is 886. The molecule has 0 unspecified atom stereocenters. The fourth-order valence-corrected chi connectivity index (χ4v) is 3.38. The van der Waals surface area contributed by atoms with Gasteiger partial charge in [-0.25, -0.2) is 4.98 Å². The normalized spacial score (nSPS) is 11.7. The molecule has 0 bridgehead atoms. The number of benzene rings is 1. The Kier molecular flexibility index (Phi) is 7.69. The summed E-state index contributed by atoms with van der Waals surface area (Å²) in [7, 11) is 0. The van der Waals surface area contributed by atoms with Crippen LogP contribution in [0.4, 0.5) is 5.69 Å². The van der Waals surface area contributed by atoms with Crippen molar-refractivity contribution in [1.82, 2.24) is 10.3 Å². The molecular formula is C22H28N4O2S. The van der Waals surface area contributed by atoms with Gasteiger partial charge in [-0.3, -0.25) is 4.99 Å². The fourth-order valence-electron chi connectivity index (χ4n) is 2.73. The Balaban J connectivity index is 1.59. The van der Waals surface area contributed by atoms with E-state index in [2.05, 4.69) is 26.0 Å². The Morgan fingerprint density at radius 1 is 1.21 bits per heavy atom. The van der Waals surface area contributed by atoms with Crippen molar-refractivity contribution >= 4 is 23.0 Å². The van der Waals surface area contributed by atoms with Crippen LogP contribution in [0, 0.1) is 6.92 Å². The zero-order valence-corrected chi connectivity index (χ0v) is 18.0. The van der Waals surface area contributed by atoms with Crippen molar-refractivity contribution in [3.63, 3.8) is 0 Å².